The maximum atomic E-state index is 6.00. The summed E-state index contributed by atoms with van der Waals surface area (Å²) in [7, 11) is 0. The summed E-state index contributed by atoms with van der Waals surface area (Å²) in [5, 5.41) is 4.41. The topological polar surface area (TPSA) is 12.0 Å². The minimum atomic E-state index is 0.299. The molecule has 0 amide bonds. The van der Waals surface area contributed by atoms with E-state index in [1.807, 2.05) is 23.5 Å². The van der Waals surface area contributed by atoms with Crippen molar-refractivity contribution < 1.29 is 0 Å². The summed E-state index contributed by atoms with van der Waals surface area (Å²) in [5.41, 5.74) is 2.88. The van der Waals surface area contributed by atoms with E-state index in [9.17, 15) is 0 Å². The molecule has 1 atom stereocenters. The van der Waals surface area contributed by atoms with Crippen LogP contribution >= 0.6 is 22.9 Å². The molecule has 1 aromatic heterocycles. The second-order valence-electron chi connectivity index (χ2n) is 5.35. The second-order valence-corrected chi connectivity index (χ2v) is 6.95. The molecule has 1 nitrogen and oxygen atoms in total. The Morgan fingerprint density at radius 2 is 1.95 bits per heavy atom. The van der Waals surface area contributed by atoms with E-state index < -0.39 is 0 Å². The molecular weight excluding hydrogens is 286 g/mol. The second kappa shape index (κ2) is 6.30. The van der Waals surface area contributed by atoms with Gasteiger partial charge in [-0.2, -0.15) is 0 Å². The summed E-state index contributed by atoms with van der Waals surface area (Å²) in [6.07, 6.45) is 5.21. The highest BCUT2D eigenvalue weighted by atomic mass is 35.5. The first-order valence-corrected chi connectivity index (χ1v) is 8.57. The minimum absolute atomic E-state index is 0.299. The van der Waals surface area contributed by atoms with Crippen LogP contribution in [0.4, 0.5) is 0 Å². The van der Waals surface area contributed by atoms with E-state index in [-0.39, 0.29) is 0 Å². The normalized spacial score (nSPS) is 15.9. The number of hydrogen-bond donors (Lipinski definition) is 1. The molecule has 1 aliphatic carbocycles. The number of nitrogens with one attached hydrogen (secondary N) is 1. The zero-order chi connectivity index (χ0) is 13.9. The maximum Gasteiger partial charge on any atom is 0.0671 e. The van der Waals surface area contributed by atoms with Crippen LogP contribution in [0.25, 0.3) is 0 Å². The molecule has 3 heteroatoms. The van der Waals surface area contributed by atoms with Crippen LogP contribution in [0.5, 0.6) is 0 Å². The molecule has 3 rings (SSSR count). The van der Waals surface area contributed by atoms with Crippen LogP contribution in [0.1, 0.15) is 46.7 Å². The molecule has 1 heterocycles. The first kappa shape index (κ1) is 14.1. The molecule has 1 aromatic carbocycles. The zero-order valence-corrected chi connectivity index (χ0v) is 13.4. The van der Waals surface area contributed by atoms with E-state index in [4.69, 9.17) is 11.6 Å². The third-order valence-corrected chi connectivity index (χ3v) is 5.47. The molecule has 0 bridgehead atoms. The smallest absolute Gasteiger partial charge is 0.0671 e. The van der Waals surface area contributed by atoms with Crippen LogP contribution in [0, 0.1) is 0 Å². The minimum Gasteiger partial charge on any atom is -0.306 e. The van der Waals surface area contributed by atoms with Crippen LogP contribution in [-0.4, -0.2) is 6.54 Å². The van der Waals surface area contributed by atoms with Crippen molar-refractivity contribution in [2.45, 2.75) is 38.6 Å². The van der Waals surface area contributed by atoms with Gasteiger partial charge in [-0.15, -0.1) is 11.3 Å². The van der Waals surface area contributed by atoms with E-state index in [0.29, 0.717) is 6.04 Å². The van der Waals surface area contributed by atoms with Crippen LogP contribution in [-0.2, 0) is 12.8 Å². The summed E-state index contributed by atoms with van der Waals surface area (Å²) < 4.78 is 0. The summed E-state index contributed by atoms with van der Waals surface area (Å²) >= 11 is 7.99. The standard InChI is InChI=1S/C17H20ClNS/c1-2-19-17(12-7-9-14(18)10-8-12)16-11-13-5-3-4-6-15(13)20-16/h7-11,17,19H,2-6H2,1H3. The van der Waals surface area contributed by atoms with E-state index in [1.165, 1.54) is 36.1 Å². The fourth-order valence-electron chi connectivity index (χ4n) is 2.90. The Balaban J connectivity index is 1.93. The van der Waals surface area contributed by atoms with Gasteiger partial charge in [0.2, 0.25) is 0 Å². The summed E-state index contributed by atoms with van der Waals surface area (Å²) in [6.45, 7) is 3.13. The first-order valence-electron chi connectivity index (χ1n) is 7.38. The Labute approximate surface area is 130 Å². The van der Waals surface area contributed by atoms with Gasteiger partial charge >= 0.3 is 0 Å². The molecule has 0 saturated heterocycles. The average Bonchev–Trinajstić information content (AvgIpc) is 2.89. The van der Waals surface area contributed by atoms with E-state index in [2.05, 4.69) is 30.4 Å². The van der Waals surface area contributed by atoms with Gasteiger partial charge in [0.25, 0.3) is 0 Å². The van der Waals surface area contributed by atoms with Gasteiger partial charge in [0.15, 0.2) is 0 Å². The first-order chi connectivity index (χ1) is 9.78. The van der Waals surface area contributed by atoms with Gasteiger partial charge in [-0.05, 0) is 61.6 Å². The average molecular weight is 306 g/mol. The van der Waals surface area contributed by atoms with Gasteiger partial charge in [0.1, 0.15) is 0 Å². The van der Waals surface area contributed by atoms with Gasteiger partial charge < -0.3 is 5.32 Å². The Morgan fingerprint density at radius 3 is 2.65 bits per heavy atom. The lowest BCUT2D eigenvalue weighted by Gasteiger charge is -2.17. The maximum absolute atomic E-state index is 6.00. The molecular formula is C17H20ClNS. The Morgan fingerprint density at radius 1 is 1.20 bits per heavy atom. The molecule has 1 unspecified atom stereocenters. The number of halogens is 1. The van der Waals surface area contributed by atoms with E-state index >= 15 is 0 Å². The van der Waals surface area contributed by atoms with Gasteiger partial charge in [-0.1, -0.05) is 30.7 Å². The number of rotatable bonds is 4. The Bertz CT molecular complexity index is 550. The lowest BCUT2D eigenvalue weighted by atomic mass is 9.98. The summed E-state index contributed by atoms with van der Waals surface area (Å²) in [4.78, 5) is 3.05. The van der Waals surface area contributed by atoms with Crippen molar-refractivity contribution in [3.63, 3.8) is 0 Å². The predicted octanol–water partition coefficient (Wildman–Crippen LogP) is 4.98. The van der Waals surface area contributed by atoms with Crippen molar-refractivity contribution >= 4 is 22.9 Å². The molecule has 0 fully saturated rings. The fourth-order valence-corrected chi connectivity index (χ4v) is 4.39. The number of hydrogen-bond acceptors (Lipinski definition) is 2. The lowest BCUT2D eigenvalue weighted by Crippen LogP contribution is -2.21. The van der Waals surface area contributed by atoms with Crippen molar-refractivity contribution in [3.05, 3.63) is 56.2 Å². The number of thiophene rings is 1. The highest BCUT2D eigenvalue weighted by Crippen LogP contribution is 2.35. The molecule has 0 aliphatic heterocycles. The van der Waals surface area contributed by atoms with Crippen molar-refractivity contribution in [2.75, 3.05) is 6.54 Å². The molecule has 106 valence electrons. The molecule has 1 N–H and O–H groups in total. The van der Waals surface area contributed by atoms with Gasteiger partial charge in [0, 0.05) is 14.8 Å². The molecule has 20 heavy (non-hydrogen) atoms. The molecule has 2 aromatic rings. The van der Waals surface area contributed by atoms with Crippen molar-refractivity contribution in [2.24, 2.45) is 0 Å². The number of benzene rings is 1. The zero-order valence-electron chi connectivity index (χ0n) is 11.8. The third kappa shape index (κ3) is 2.93. The van der Waals surface area contributed by atoms with Crippen molar-refractivity contribution in [1.82, 2.24) is 5.32 Å². The summed E-state index contributed by atoms with van der Waals surface area (Å²) in [5.74, 6) is 0. The largest absolute Gasteiger partial charge is 0.306 e. The van der Waals surface area contributed by atoms with Gasteiger partial charge in [0.05, 0.1) is 6.04 Å². The SMILES string of the molecule is CCNC(c1ccc(Cl)cc1)c1cc2c(s1)CCCC2. The van der Waals surface area contributed by atoms with Gasteiger partial charge in [-0.3, -0.25) is 0 Å². The predicted molar refractivity (Wildman–Crippen MR) is 87.9 cm³/mol. The van der Waals surface area contributed by atoms with E-state index in [1.54, 1.807) is 10.4 Å². The van der Waals surface area contributed by atoms with Crippen molar-refractivity contribution in [3.8, 4) is 0 Å². The third-order valence-electron chi connectivity index (χ3n) is 3.91. The monoisotopic (exact) mass is 305 g/mol. The molecule has 0 radical (unpaired) electrons. The van der Waals surface area contributed by atoms with Crippen LogP contribution < -0.4 is 5.32 Å². The quantitative estimate of drug-likeness (QED) is 0.840. The van der Waals surface area contributed by atoms with Crippen LogP contribution in [0.2, 0.25) is 5.02 Å². The van der Waals surface area contributed by atoms with Crippen LogP contribution in [0.15, 0.2) is 30.3 Å². The molecule has 0 saturated carbocycles. The lowest BCUT2D eigenvalue weighted by molar-refractivity contribution is 0.639. The Kier molecular flexibility index (Phi) is 4.45. The number of aryl methyl sites for hydroxylation is 2. The van der Waals surface area contributed by atoms with Gasteiger partial charge in [-0.25, -0.2) is 0 Å². The fraction of sp³-hybridized carbons (Fsp3) is 0.412. The Hall–Kier alpha value is -0.830. The molecule has 0 spiro atoms. The number of fused-ring (bicyclic) bond motifs is 1. The molecule has 1 aliphatic rings. The van der Waals surface area contributed by atoms with E-state index in [0.717, 1.165) is 11.6 Å². The van der Waals surface area contributed by atoms with Crippen LogP contribution in [0.3, 0.4) is 0 Å². The van der Waals surface area contributed by atoms with Crippen molar-refractivity contribution in [1.29, 1.82) is 0 Å². The highest BCUT2D eigenvalue weighted by molar-refractivity contribution is 7.12. The highest BCUT2D eigenvalue weighted by Gasteiger charge is 2.19. The summed E-state index contributed by atoms with van der Waals surface area (Å²) in [6, 6.07) is 10.9.